The maximum atomic E-state index is 10.4. The Hall–Kier alpha value is -1.85. The van der Waals surface area contributed by atoms with Crippen molar-refractivity contribution < 1.29 is 14.9 Å². The predicted molar refractivity (Wildman–Crippen MR) is 86.8 cm³/mol. The van der Waals surface area contributed by atoms with Crippen molar-refractivity contribution in [1.82, 2.24) is 24.4 Å². The van der Waals surface area contributed by atoms with Crippen molar-refractivity contribution in [2.45, 2.75) is 31.0 Å². The molecule has 10 heteroatoms. The van der Waals surface area contributed by atoms with Crippen LogP contribution in [0.4, 0.5) is 5.82 Å². The van der Waals surface area contributed by atoms with Gasteiger partial charge in [-0.3, -0.25) is 4.57 Å². The van der Waals surface area contributed by atoms with Gasteiger partial charge < -0.3 is 31.3 Å². The number of hydrogen-bond donors (Lipinski definition) is 4. The summed E-state index contributed by atoms with van der Waals surface area (Å²) in [5.74, 6) is 0.254. The molecular formula is C14H23N7O3. The smallest absolute Gasteiger partial charge is 0.167 e. The summed E-state index contributed by atoms with van der Waals surface area (Å²) in [6.07, 6.45) is 0.256. The molecule has 1 fully saturated rings. The molecule has 0 aliphatic carbocycles. The van der Waals surface area contributed by atoms with Crippen LogP contribution in [0.1, 0.15) is 12.6 Å². The van der Waals surface area contributed by atoms with Crippen molar-refractivity contribution in [1.29, 1.82) is 0 Å². The van der Waals surface area contributed by atoms with Gasteiger partial charge in [0.05, 0.1) is 6.33 Å². The van der Waals surface area contributed by atoms with Gasteiger partial charge in [-0.1, -0.05) is 0 Å². The largest absolute Gasteiger partial charge is 0.387 e. The van der Waals surface area contributed by atoms with Crippen LogP contribution >= 0.6 is 0 Å². The minimum atomic E-state index is -1.09. The summed E-state index contributed by atoms with van der Waals surface area (Å²) in [6, 6.07) is 0. The van der Waals surface area contributed by atoms with E-state index in [1.807, 2.05) is 11.9 Å². The second-order valence-electron chi connectivity index (χ2n) is 6.03. The second-order valence-corrected chi connectivity index (χ2v) is 6.03. The van der Waals surface area contributed by atoms with Gasteiger partial charge in [0.2, 0.25) is 0 Å². The molecule has 4 atom stereocenters. The molecule has 0 bridgehead atoms. The lowest BCUT2D eigenvalue weighted by atomic mass is 10.1. The summed E-state index contributed by atoms with van der Waals surface area (Å²) >= 11 is 0. The fourth-order valence-corrected chi connectivity index (χ4v) is 2.93. The average Bonchev–Trinajstić information content (AvgIpc) is 3.10. The monoisotopic (exact) mass is 337 g/mol. The molecule has 0 aromatic carbocycles. The van der Waals surface area contributed by atoms with Crippen LogP contribution in [-0.4, -0.2) is 79.6 Å². The van der Waals surface area contributed by atoms with Gasteiger partial charge in [-0.15, -0.1) is 0 Å². The van der Waals surface area contributed by atoms with Gasteiger partial charge in [0, 0.05) is 6.54 Å². The van der Waals surface area contributed by atoms with Crippen LogP contribution in [0.25, 0.3) is 11.2 Å². The van der Waals surface area contributed by atoms with Gasteiger partial charge >= 0.3 is 0 Å². The molecule has 10 nitrogen and oxygen atoms in total. The summed E-state index contributed by atoms with van der Waals surface area (Å²) in [4.78, 5) is 14.2. The highest BCUT2D eigenvalue weighted by molar-refractivity contribution is 5.81. The van der Waals surface area contributed by atoms with E-state index in [0.717, 1.165) is 13.0 Å². The molecule has 2 aromatic heterocycles. The summed E-state index contributed by atoms with van der Waals surface area (Å²) in [5.41, 5.74) is 12.2. The molecular weight excluding hydrogens is 314 g/mol. The third-order valence-corrected chi connectivity index (χ3v) is 4.23. The quantitative estimate of drug-likeness (QED) is 0.484. The van der Waals surface area contributed by atoms with Gasteiger partial charge in [0.25, 0.3) is 0 Å². The molecule has 0 saturated carbocycles. The van der Waals surface area contributed by atoms with Crippen LogP contribution in [0.2, 0.25) is 0 Å². The summed E-state index contributed by atoms with van der Waals surface area (Å²) < 4.78 is 7.45. The number of nitrogens with two attached hydrogens (primary N) is 2. The highest BCUT2D eigenvalue weighted by atomic mass is 16.6. The predicted octanol–water partition coefficient (Wildman–Crippen LogP) is -1.69. The zero-order valence-corrected chi connectivity index (χ0v) is 13.5. The summed E-state index contributed by atoms with van der Waals surface area (Å²) in [5, 5.41) is 20.7. The third kappa shape index (κ3) is 3.06. The normalized spacial score (nSPS) is 27.4. The Morgan fingerprint density at radius 1 is 1.29 bits per heavy atom. The highest BCUT2D eigenvalue weighted by Gasteiger charge is 2.44. The molecule has 132 valence electrons. The Labute approximate surface area is 139 Å². The highest BCUT2D eigenvalue weighted by Crippen LogP contribution is 2.32. The Morgan fingerprint density at radius 2 is 2.08 bits per heavy atom. The number of nitrogen functional groups attached to an aromatic ring is 1. The van der Waals surface area contributed by atoms with Crippen LogP contribution in [0, 0.1) is 0 Å². The van der Waals surface area contributed by atoms with E-state index in [1.165, 1.54) is 12.7 Å². The van der Waals surface area contributed by atoms with Gasteiger partial charge in [-0.25, -0.2) is 15.0 Å². The molecule has 0 radical (unpaired) electrons. The molecule has 1 aliphatic rings. The van der Waals surface area contributed by atoms with E-state index < -0.39 is 24.5 Å². The number of likely N-dealkylation sites (N-methyl/N-ethyl adjacent to an activating group) is 1. The number of aliphatic hydroxyl groups is 2. The summed E-state index contributed by atoms with van der Waals surface area (Å²) in [7, 11) is 1.92. The molecule has 3 heterocycles. The number of nitrogens with zero attached hydrogens (tertiary/aromatic N) is 5. The zero-order valence-electron chi connectivity index (χ0n) is 13.5. The lowest BCUT2D eigenvalue weighted by molar-refractivity contribution is -0.0421. The van der Waals surface area contributed by atoms with Crippen molar-refractivity contribution in [3.8, 4) is 0 Å². The molecule has 6 N–H and O–H groups in total. The lowest BCUT2D eigenvalue weighted by Gasteiger charge is -2.22. The number of rotatable bonds is 6. The van der Waals surface area contributed by atoms with Gasteiger partial charge in [-0.05, 0) is 26.6 Å². The van der Waals surface area contributed by atoms with Crippen LogP contribution in [-0.2, 0) is 4.74 Å². The van der Waals surface area contributed by atoms with E-state index in [-0.39, 0.29) is 5.82 Å². The van der Waals surface area contributed by atoms with Gasteiger partial charge in [-0.2, -0.15) is 0 Å². The average molecular weight is 337 g/mol. The first kappa shape index (κ1) is 17.0. The van der Waals surface area contributed by atoms with E-state index in [4.69, 9.17) is 16.2 Å². The lowest BCUT2D eigenvalue weighted by Crippen LogP contribution is -2.39. The Morgan fingerprint density at radius 3 is 2.83 bits per heavy atom. The Kier molecular flexibility index (Phi) is 4.92. The maximum Gasteiger partial charge on any atom is 0.167 e. The molecule has 2 aromatic rings. The van der Waals surface area contributed by atoms with E-state index in [2.05, 4.69) is 15.0 Å². The SMILES string of the molecule is CN(CCCN)C[C@H]1O[C@@H](n2cnc3c(N)ncnc32)[C@H](O)[C@@H]1O. The molecule has 1 aliphatic heterocycles. The van der Waals surface area contributed by atoms with Crippen LogP contribution in [0.3, 0.4) is 0 Å². The van der Waals surface area contributed by atoms with Gasteiger partial charge in [0.15, 0.2) is 17.7 Å². The first-order chi connectivity index (χ1) is 11.5. The fraction of sp³-hybridized carbons (Fsp3) is 0.643. The minimum absolute atomic E-state index is 0.254. The molecule has 1 saturated heterocycles. The molecule has 0 amide bonds. The number of aliphatic hydroxyl groups excluding tert-OH is 2. The minimum Gasteiger partial charge on any atom is -0.387 e. The second kappa shape index (κ2) is 6.95. The van der Waals surface area contributed by atoms with Crippen LogP contribution in [0.15, 0.2) is 12.7 Å². The first-order valence-corrected chi connectivity index (χ1v) is 7.86. The van der Waals surface area contributed by atoms with Crippen molar-refractivity contribution in [3.63, 3.8) is 0 Å². The number of fused-ring (bicyclic) bond motifs is 1. The molecule has 24 heavy (non-hydrogen) atoms. The van der Waals surface area contributed by atoms with Crippen molar-refractivity contribution in [2.24, 2.45) is 5.73 Å². The number of ether oxygens (including phenoxy) is 1. The topological polar surface area (TPSA) is 149 Å². The number of anilines is 1. The first-order valence-electron chi connectivity index (χ1n) is 7.86. The van der Waals surface area contributed by atoms with Crippen LogP contribution in [0.5, 0.6) is 0 Å². The van der Waals surface area contributed by atoms with E-state index >= 15 is 0 Å². The maximum absolute atomic E-state index is 10.4. The van der Waals surface area contributed by atoms with Gasteiger partial charge in [0.1, 0.15) is 30.2 Å². The third-order valence-electron chi connectivity index (χ3n) is 4.23. The number of aromatic nitrogens is 4. The Balaban J connectivity index is 1.78. The van der Waals surface area contributed by atoms with Crippen LogP contribution < -0.4 is 11.5 Å². The van der Waals surface area contributed by atoms with Crippen molar-refractivity contribution in [2.75, 3.05) is 32.4 Å². The molecule has 3 rings (SSSR count). The van der Waals surface area contributed by atoms with E-state index in [1.54, 1.807) is 4.57 Å². The molecule has 0 unspecified atom stereocenters. The molecule has 0 spiro atoms. The summed E-state index contributed by atoms with van der Waals surface area (Å²) in [6.45, 7) is 1.88. The Bertz CT molecular complexity index is 694. The number of hydrogen-bond acceptors (Lipinski definition) is 9. The zero-order chi connectivity index (χ0) is 17.3. The standard InChI is InChI=1S/C14H23N7O3/c1-20(4-2-3-15)5-8-10(22)11(23)14(24-8)21-7-19-9-12(16)17-6-18-13(9)21/h6-8,10-11,14,22-23H,2-5,15H2,1H3,(H2,16,17,18)/t8-,10-,11-,14-/m1/s1. The number of imidazole rings is 1. The fourth-order valence-electron chi connectivity index (χ4n) is 2.93. The van der Waals surface area contributed by atoms with Crippen molar-refractivity contribution in [3.05, 3.63) is 12.7 Å². The van der Waals surface area contributed by atoms with Crippen molar-refractivity contribution >= 4 is 17.0 Å². The van der Waals surface area contributed by atoms with E-state index in [0.29, 0.717) is 24.3 Å². The van der Waals surface area contributed by atoms with E-state index in [9.17, 15) is 10.2 Å².